The maximum Gasteiger partial charge on any atom is 0.178 e. The van der Waals surface area contributed by atoms with Crippen molar-refractivity contribution in [1.29, 1.82) is 0 Å². The Morgan fingerprint density at radius 2 is 2.18 bits per heavy atom. The average Bonchev–Trinajstić information content (AvgIpc) is 2.72. The third kappa shape index (κ3) is 4.87. The normalized spacial score (nSPS) is 13.8. The van der Waals surface area contributed by atoms with Crippen LogP contribution in [0.15, 0.2) is 17.3 Å². The number of hydrogen-bond donors (Lipinski definition) is 1. The van der Waals surface area contributed by atoms with Crippen LogP contribution in [0.5, 0.6) is 0 Å². The number of hydrogen-bond acceptors (Lipinski definition) is 4. The molecule has 17 heavy (non-hydrogen) atoms. The molecular weight excluding hydrogens is 238 g/mol. The summed E-state index contributed by atoms with van der Waals surface area (Å²) in [6.07, 6.45) is 7.44. The van der Waals surface area contributed by atoms with Crippen molar-refractivity contribution in [3.63, 3.8) is 0 Å². The second-order valence-corrected chi connectivity index (χ2v) is 6.41. The van der Waals surface area contributed by atoms with Crippen LogP contribution in [0.25, 0.3) is 0 Å². The van der Waals surface area contributed by atoms with Gasteiger partial charge in [-0.15, -0.1) is 0 Å². The fourth-order valence-electron chi connectivity index (χ4n) is 1.53. The SMILES string of the molecule is CNC(C)CCCCn1cc(S(C)(=O)=O)cn1. The van der Waals surface area contributed by atoms with E-state index in [0.29, 0.717) is 10.9 Å². The van der Waals surface area contributed by atoms with E-state index in [1.807, 2.05) is 7.05 Å². The molecule has 1 unspecified atom stereocenters. The van der Waals surface area contributed by atoms with Crippen LogP contribution in [0.4, 0.5) is 0 Å². The molecule has 0 radical (unpaired) electrons. The molecular formula is C11H21N3O2S. The molecule has 1 atom stereocenters. The highest BCUT2D eigenvalue weighted by atomic mass is 32.2. The molecule has 1 aromatic rings. The number of unbranched alkanes of at least 4 members (excludes halogenated alkanes) is 1. The van der Waals surface area contributed by atoms with Crippen LogP contribution in [0.1, 0.15) is 26.2 Å². The van der Waals surface area contributed by atoms with E-state index in [0.717, 1.165) is 25.8 Å². The Kier molecular flexibility index (Phi) is 5.14. The van der Waals surface area contributed by atoms with Crippen LogP contribution in [-0.2, 0) is 16.4 Å². The molecule has 0 aliphatic heterocycles. The maximum atomic E-state index is 11.2. The molecule has 5 nitrogen and oxygen atoms in total. The zero-order valence-corrected chi connectivity index (χ0v) is 11.5. The van der Waals surface area contributed by atoms with Gasteiger partial charge in [-0.1, -0.05) is 6.42 Å². The molecule has 0 saturated heterocycles. The Hall–Kier alpha value is -0.880. The summed E-state index contributed by atoms with van der Waals surface area (Å²) in [4.78, 5) is 0.293. The fraction of sp³-hybridized carbons (Fsp3) is 0.727. The van der Waals surface area contributed by atoms with E-state index in [9.17, 15) is 8.42 Å². The predicted octanol–water partition coefficient (Wildman–Crippen LogP) is 1.06. The predicted molar refractivity (Wildman–Crippen MR) is 67.7 cm³/mol. The summed E-state index contributed by atoms with van der Waals surface area (Å²) in [6.45, 7) is 2.92. The Morgan fingerprint density at radius 3 is 2.71 bits per heavy atom. The van der Waals surface area contributed by atoms with E-state index in [1.54, 1.807) is 10.9 Å². The van der Waals surface area contributed by atoms with Crippen molar-refractivity contribution in [3.8, 4) is 0 Å². The molecule has 6 heteroatoms. The largest absolute Gasteiger partial charge is 0.317 e. The van der Waals surface area contributed by atoms with E-state index < -0.39 is 9.84 Å². The van der Waals surface area contributed by atoms with E-state index in [-0.39, 0.29) is 0 Å². The van der Waals surface area contributed by atoms with Crippen LogP contribution in [0.3, 0.4) is 0 Å². The molecule has 0 fully saturated rings. The highest BCUT2D eigenvalue weighted by Crippen LogP contribution is 2.08. The quantitative estimate of drug-likeness (QED) is 0.744. The lowest BCUT2D eigenvalue weighted by Gasteiger charge is -2.09. The zero-order valence-electron chi connectivity index (χ0n) is 10.7. The van der Waals surface area contributed by atoms with Gasteiger partial charge in [0.2, 0.25) is 0 Å². The lowest BCUT2D eigenvalue weighted by Crippen LogP contribution is -2.20. The number of nitrogens with one attached hydrogen (secondary N) is 1. The molecule has 0 bridgehead atoms. The van der Waals surface area contributed by atoms with Gasteiger partial charge in [-0.3, -0.25) is 4.68 Å². The summed E-state index contributed by atoms with van der Waals surface area (Å²) in [5, 5.41) is 7.23. The third-order valence-electron chi connectivity index (χ3n) is 2.80. The van der Waals surface area contributed by atoms with E-state index in [2.05, 4.69) is 17.3 Å². The third-order valence-corrected chi connectivity index (χ3v) is 3.87. The summed E-state index contributed by atoms with van der Waals surface area (Å²) in [6, 6.07) is 0.527. The van der Waals surface area contributed by atoms with Gasteiger partial charge in [0.15, 0.2) is 9.84 Å². The van der Waals surface area contributed by atoms with Gasteiger partial charge in [0.1, 0.15) is 4.90 Å². The average molecular weight is 259 g/mol. The monoisotopic (exact) mass is 259 g/mol. The van der Waals surface area contributed by atoms with E-state index >= 15 is 0 Å². The molecule has 1 N–H and O–H groups in total. The highest BCUT2D eigenvalue weighted by Gasteiger charge is 2.09. The summed E-state index contributed by atoms with van der Waals surface area (Å²) in [5.74, 6) is 0. The second-order valence-electron chi connectivity index (χ2n) is 4.40. The number of aryl methyl sites for hydroxylation is 1. The topological polar surface area (TPSA) is 64.0 Å². The van der Waals surface area contributed by atoms with Crippen molar-refractivity contribution < 1.29 is 8.42 Å². The lowest BCUT2D eigenvalue weighted by atomic mass is 10.1. The number of nitrogens with zero attached hydrogens (tertiary/aromatic N) is 2. The highest BCUT2D eigenvalue weighted by molar-refractivity contribution is 7.90. The molecule has 1 aromatic heterocycles. The first-order valence-corrected chi connectivity index (χ1v) is 7.72. The first kappa shape index (κ1) is 14.2. The Morgan fingerprint density at radius 1 is 1.47 bits per heavy atom. The van der Waals surface area contributed by atoms with E-state index in [1.165, 1.54) is 12.5 Å². The molecule has 1 rings (SSSR count). The first-order valence-electron chi connectivity index (χ1n) is 5.83. The minimum absolute atomic E-state index is 0.293. The number of sulfone groups is 1. The van der Waals surface area contributed by atoms with E-state index in [4.69, 9.17) is 0 Å². The van der Waals surface area contributed by atoms with Crippen molar-refractivity contribution in [2.75, 3.05) is 13.3 Å². The van der Waals surface area contributed by atoms with Gasteiger partial charge in [0.05, 0.1) is 6.20 Å². The van der Waals surface area contributed by atoms with Gasteiger partial charge in [0.25, 0.3) is 0 Å². The maximum absolute atomic E-state index is 11.2. The molecule has 0 aromatic carbocycles. The van der Waals surface area contributed by atoms with Crippen LogP contribution >= 0.6 is 0 Å². The van der Waals surface area contributed by atoms with Gasteiger partial charge in [-0.05, 0) is 26.8 Å². The fourth-order valence-corrected chi connectivity index (χ4v) is 2.08. The van der Waals surface area contributed by atoms with Gasteiger partial charge >= 0.3 is 0 Å². The number of aromatic nitrogens is 2. The molecule has 0 spiro atoms. The Bertz CT molecular complexity index is 439. The van der Waals surface area contributed by atoms with Crippen molar-refractivity contribution in [2.45, 2.75) is 43.7 Å². The number of rotatable bonds is 7. The minimum atomic E-state index is -3.12. The molecule has 1 heterocycles. The van der Waals surface area contributed by atoms with Crippen molar-refractivity contribution >= 4 is 9.84 Å². The molecule has 0 aliphatic rings. The van der Waals surface area contributed by atoms with Crippen molar-refractivity contribution in [2.24, 2.45) is 0 Å². The summed E-state index contributed by atoms with van der Waals surface area (Å²) in [5.41, 5.74) is 0. The summed E-state index contributed by atoms with van der Waals surface area (Å²) >= 11 is 0. The molecule has 0 amide bonds. The standard InChI is InChI=1S/C11H21N3O2S/c1-10(12-2)6-4-5-7-14-9-11(8-13-14)17(3,15)16/h8-10,12H,4-7H2,1-3H3. The van der Waals surface area contributed by atoms with Crippen LogP contribution in [0, 0.1) is 0 Å². The zero-order chi connectivity index (χ0) is 12.9. The smallest absolute Gasteiger partial charge is 0.178 e. The molecule has 0 aliphatic carbocycles. The van der Waals surface area contributed by atoms with Crippen LogP contribution in [0.2, 0.25) is 0 Å². The lowest BCUT2D eigenvalue weighted by molar-refractivity contribution is 0.489. The van der Waals surface area contributed by atoms with Crippen LogP contribution in [-0.4, -0.2) is 37.5 Å². The first-order chi connectivity index (χ1) is 7.93. The second kappa shape index (κ2) is 6.16. The summed E-state index contributed by atoms with van der Waals surface area (Å²) in [7, 11) is -1.17. The van der Waals surface area contributed by atoms with Gasteiger partial charge in [0, 0.05) is 25.0 Å². The van der Waals surface area contributed by atoms with Crippen molar-refractivity contribution in [1.82, 2.24) is 15.1 Å². The van der Waals surface area contributed by atoms with Gasteiger partial charge in [-0.25, -0.2) is 8.42 Å². The van der Waals surface area contributed by atoms with Crippen LogP contribution < -0.4 is 5.32 Å². The molecule has 98 valence electrons. The minimum Gasteiger partial charge on any atom is -0.317 e. The Labute approximate surface area is 103 Å². The molecule has 0 saturated carbocycles. The van der Waals surface area contributed by atoms with Gasteiger partial charge in [-0.2, -0.15) is 5.10 Å². The summed E-state index contributed by atoms with van der Waals surface area (Å²) < 4.78 is 24.2. The van der Waals surface area contributed by atoms with Crippen molar-refractivity contribution in [3.05, 3.63) is 12.4 Å². The van der Waals surface area contributed by atoms with Gasteiger partial charge < -0.3 is 5.32 Å². The Balaban J connectivity index is 2.36.